The number of carbonyl (C=O) groups is 3. The minimum absolute atomic E-state index is 0.0590. The second-order valence-electron chi connectivity index (χ2n) is 6.58. The number of ether oxygens (including phenoxy) is 1. The predicted molar refractivity (Wildman–Crippen MR) is 110 cm³/mol. The molecule has 2 rings (SSSR count). The molecule has 0 saturated carbocycles. The van der Waals surface area contributed by atoms with Crippen molar-refractivity contribution in [2.75, 3.05) is 17.7 Å². The minimum Gasteiger partial charge on any atom is -0.496 e. The highest BCUT2D eigenvalue weighted by molar-refractivity contribution is 6.02. The number of aryl methyl sites for hydroxylation is 2. The molecule has 0 aliphatic heterocycles. The molecule has 2 aromatic rings. The second kappa shape index (κ2) is 9.69. The molecule has 6 nitrogen and oxygen atoms in total. The van der Waals surface area contributed by atoms with Crippen LogP contribution in [-0.4, -0.2) is 24.7 Å². The Balaban J connectivity index is 2.05. The number of rotatable bonds is 8. The van der Waals surface area contributed by atoms with Crippen molar-refractivity contribution < 1.29 is 19.1 Å². The Bertz CT molecular complexity index is 890. The van der Waals surface area contributed by atoms with Crippen molar-refractivity contribution in [3.63, 3.8) is 0 Å². The molecule has 0 aliphatic carbocycles. The van der Waals surface area contributed by atoms with Gasteiger partial charge < -0.3 is 15.4 Å². The van der Waals surface area contributed by atoms with Crippen LogP contribution in [0.3, 0.4) is 0 Å². The molecular formula is C22H26N2O4. The van der Waals surface area contributed by atoms with Crippen molar-refractivity contribution in [2.24, 2.45) is 0 Å². The van der Waals surface area contributed by atoms with Gasteiger partial charge in [0.05, 0.1) is 12.7 Å². The third kappa shape index (κ3) is 5.67. The topological polar surface area (TPSA) is 84.5 Å². The monoisotopic (exact) mass is 382 g/mol. The van der Waals surface area contributed by atoms with E-state index in [0.717, 1.165) is 17.5 Å². The molecule has 0 atom stereocenters. The summed E-state index contributed by atoms with van der Waals surface area (Å²) in [5.74, 6) is -0.0698. The molecule has 0 unspecified atom stereocenters. The largest absolute Gasteiger partial charge is 0.496 e. The van der Waals surface area contributed by atoms with Crippen molar-refractivity contribution in [3.05, 3.63) is 53.1 Å². The zero-order valence-corrected chi connectivity index (χ0v) is 16.7. The van der Waals surface area contributed by atoms with Crippen LogP contribution in [0, 0.1) is 6.92 Å². The summed E-state index contributed by atoms with van der Waals surface area (Å²) < 4.78 is 5.24. The molecule has 2 amide bonds. The fraction of sp³-hybridized carbons (Fsp3) is 0.318. The first-order valence-corrected chi connectivity index (χ1v) is 9.22. The van der Waals surface area contributed by atoms with Gasteiger partial charge in [0.15, 0.2) is 5.78 Å². The number of methoxy groups -OCH3 is 1. The summed E-state index contributed by atoms with van der Waals surface area (Å²) in [4.78, 5) is 36.2. The number of Topliss-reactive ketones (excluding diaryl/α,β-unsaturated/α-hetero) is 1. The molecule has 0 radical (unpaired) electrons. The molecule has 2 aromatic carbocycles. The summed E-state index contributed by atoms with van der Waals surface area (Å²) in [7, 11) is 1.52. The highest BCUT2D eigenvalue weighted by atomic mass is 16.5. The highest BCUT2D eigenvalue weighted by Crippen LogP contribution is 2.24. The van der Waals surface area contributed by atoms with Crippen LogP contribution >= 0.6 is 0 Å². The van der Waals surface area contributed by atoms with Crippen molar-refractivity contribution in [1.29, 1.82) is 0 Å². The number of amides is 2. The smallest absolute Gasteiger partial charge is 0.224 e. The molecule has 6 heteroatoms. The molecule has 2 N–H and O–H groups in total. The van der Waals surface area contributed by atoms with E-state index in [-0.39, 0.29) is 30.4 Å². The van der Waals surface area contributed by atoms with Crippen molar-refractivity contribution in [1.82, 2.24) is 0 Å². The van der Waals surface area contributed by atoms with Crippen LogP contribution in [0.25, 0.3) is 0 Å². The molecule has 28 heavy (non-hydrogen) atoms. The SMILES string of the molecule is CCc1ccc(NC(C)=O)cc1NC(=O)CCC(=O)c1cc(C)ccc1OC. The molecule has 0 heterocycles. The molecule has 0 spiro atoms. The van der Waals surface area contributed by atoms with Crippen molar-refractivity contribution in [3.8, 4) is 5.75 Å². The Morgan fingerprint density at radius 3 is 2.39 bits per heavy atom. The fourth-order valence-electron chi connectivity index (χ4n) is 2.90. The van der Waals surface area contributed by atoms with Gasteiger partial charge in [-0.3, -0.25) is 14.4 Å². The minimum atomic E-state index is -0.255. The third-order valence-corrected chi connectivity index (χ3v) is 4.32. The normalized spacial score (nSPS) is 10.3. The number of hydrogen-bond acceptors (Lipinski definition) is 4. The van der Waals surface area contributed by atoms with Crippen LogP contribution in [0.15, 0.2) is 36.4 Å². The summed E-state index contributed by atoms with van der Waals surface area (Å²) in [6.07, 6.45) is 0.872. The van der Waals surface area contributed by atoms with Crippen LogP contribution in [0.5, 0.6) is 5.75 Å². The van der Waals surface area contributed by atoms with E-state index in [1.807, 2.05) is 26.0 Å². The van der Waals surface area contributed by atoms with Crippen LogP contribution in [-0.2, 0) is 16.0 Å². The van der Waals surface area contributed by atoms with Gasteiger partial charge in [-0.25, -0.2) is 0 Å². The molecule has 0 aliphatic rings. The maximum Gasteiger partial charge on any atom is 0.224 e. The van der Waals surface area contributed by atoms with Gasteiger partial charge in [0.1, 0.15) is 5.75 Å². The van der Waals surface area contributed by atoms with Crippen molar-refractivity contribution in [2.45, 2.75) is 40.0 Å². The molecule has 0 bridgehead atoms. The number of anilines is 2. The Morgan fingerprint density at radius 1 is 1.00 bits per heavy atom. The average Bonchev–Trinajstić information content (AvgIpc) is 2.66. The molecule has 0 aromatic heterocycles. The van der Waals surface area contributed by atoms with Gasteiger partial charge in [-0.15, -0.1) is 0 Å². The van der Waals surface area contributed by atoms with Crippen LogP contribution < -0.4 is 15.4 Å². The third-order valence-electron chi connectivity index (χ3n) is 4.32. The Labute approximate surface area is 165 Å². The molecule has 0 fully saturated rings. The van der Waals surface area contributed by atoms with E-state index in [9.17, 15) is 14.4 Å². The Kier molecular flexibility index (Phi) is 7.32. The fourth-order valence-corrected chi connectivity index (χ4v) is 2.90. The van der Waals surface area contributed by atoms with E-state index >= 15 is 0 Å². The first-order valence-electron chi connectivity index (χ1n) is 9.22. The number of ketones is 1. The van der Waals surface area contributed by atoms with Gasteiger partial charge in [-0.2, -0.15) is 0 Å². The first kappa shape index (κ1) is 21.2. The maximum atomic E-state index is 12.5. The molecule has 148 valence electrons. The standard InChI is InChI=1S/C22H26N2O4/c1-5-16-7-8-17(23-15(3)25)13-19(16)24-22(27)11-9-20(26)18-12-14(2)6-10-21(18)28-4/h6-8,10,12-13H,5,9,11H2,1-4H3,(H,23,25)(H,24,27). The van der Waals surface area contributed by atoms with Gasteiger partial charge in [0.2, 0.25) is 11.8 Å². The lowest BCUT2D eigenvalue weighted by Crippen LogP contribution is -2.15. The zero-order valence-electron chi connectivity index (χ0n) is 16.7. The van der Waals surface area contributed by atoms with E-state index < -0.39 is 0 Å². The van der Waals surface area contributed by atoms with E-state index in [2.05, 4.69) is 10.6 Å². The van der Waals surface area contributed by atoms with E-state index in [1.54, 1.807) is 24.3 Å². The van der Waals surface area contributed by atoms with Crippen LogP contribution in [0.2, 0.25) is 0 Å². The van der Waals surface area contributed by atoms with Crippen molar-refractivity contribution >= 4 is 29.0 Å². The molecule has 0 saturated heterocycles. The maximum absolute atomic E-state index is 12.5. The number of nitrogens with one attached hydrogen (secondary N) is 2. The molecular weight excluding hydrogens is 356 g/mol. The second-order valence-corrected chi connectivity index (χ2v) is 6.58. The Hall–Kier alpha value is -3.15. The van der Waals surface area contributed by atoms with Gasteiger partial charge >= 0.3 is 0 Å². The van der Waals surface area contributed by atoms with Gasteiger partial charge in [-0.1, -0.05) is 24.6 Å². The van der Waals surface area contributed by atoms with Gasteiger partial charge in [-0.05, 0) is 43.2 Å². The summed E-state index contributed by atoms with van der Waals surface area (Å²) in [6.45, 7) is 5.31. The lowest BCUT2D eigenvalue weighted by molar-refractivity contribution is -0.116. The van der Waals surface area contributed by atoms with Crippen LogP contribution in [0.4, 0.5) is 11.4 Å². The summed E-state index contributed by atoms with van der Waals surface area (Å²) in [6, 6.07) is 10.8. The lowest BCUT2D eigenvalue weighted by Gasteiger charge is -2.13. The van der Waals surface area contributed by atoms with Gasteiger partial charge in [0.25, 0.3) is 0 Å². The number of benzene rings is 2. The lowest BCUT2D eigenvalue weighted by atomic mass is 10.0. The van der Waals surface area contributed by atoms with E-state index in [4.69, 9.17) is 4.74 Å². The average molecular weight is 382 g/mol. The van der Waals surface area contributed by atoms with Gasteiger partial charge in [0, 0.05) is 31.1 Å². The highest BCUT2D eigenvalue weighted by Gasteiger charge is 2.15. The quantitative estimate of drug-likeness (QED) is 0.673. The number of hydrogen-bond donors (Lipinski definition) is 2. The predicted octanol–water partition coefficient (Wildman–Crippen LogP) is 4.13. The van der Waals surface area contributed by atoms with E-state index in [0.29, 0.717) is 22.7 Å². The zero-order chi connectivity index (χ0) is 20.7. The first-order chi connectivity index (χ1) is 13.3. The Morgan fingerprint density at radius 2 is 1.75 bits per heavy atom. The van der Waals surface area contributed by atoms with Crippen LogP contribution in [0.1, 0.15) is 48.2 Å². The summed E-state index contributed by atoms with van der Waals surface area (Å²) in [5, 5.41) is 5.55. The van der Waals surface area contributed by atoms with E-state index in [1.165, 1.54) is 14.0 Å². The summed E-state index contributed by atoms with van der Waals surface area (Å²) in [5.41, 5.74) is 3.64. The number of carbonyl (C=O) groups excluding carboxylic acids is 3. The summed E-state index contributed by atoms with van der Waals surface area (Å²) >= 11 is 0.